The topological polar surface area (TPSA) is 83.5 Å². The fourth-order valence-electron chi connectivity index (χ4n) is 3.76. The Balaban J connectivity index is 1.52. The number of aryl methyl sites for hydroxylation is 1. The average Bonchev–Trinajstić information content (AvgIpc) is 3.06. The van der Waals surface area contributed by atoms with Gasteiger partial charge in [-0.1, -0.05) is 18.2 Å². The van der Waals surface area contributed by atoms with Gasteiger partial charge in [0, 0.05) is 37.7 Å². The van der Waals surface area contributed by atoms with Crippen LogP contribution in [0.3, 0.4) is 0 Å². The number of para-hydroxylation sites is 1. The van der Waals surface area contributed by atoms with Gasteiger partial charge in [0.1, 0.15) is 0 Å². The molecule has 0 aliphatic carbocycles. The Labute approximate surface area is 159 Å². The maximum absolute atomic E-state index is 12.9. The van der Waals surface area contributed by atoms with Gasteiger partial charge in [-0.2, -0.15) is 0 Å². The second-order valence-corrected chi connectivity index (χ2v) is 9.36. The molecule has 1 aromatic heterocycles. The van der Waals surface area contributed by atoms with Gasteiger partial charge in [0.05, 0.1) is 17.1 Å². The number of hydrogen-bond donors (Lipinski definition) is 0. The zero-order valence-electron chi connectivity index (χ0n) is 15.2. The van der Waals surface area contributed by atoms with Crippen LogP contribution in [-0.4, -0.2) is 55.4 Å². The summed E-state index contributed by atoms with van der Waals surface area (Å²) in [4.78, 5) is 25.1. The summed E-state index contributed by atoms with van der Waals surface area (Å²) in [6.07, 6.45) is 5.54. The molecule has 1 fully saturated rings. The van der Waals surface area contributed by atoms with Gasteiger partial charge in [-0.3, -0.25) is 4.79 Å². The Morgan fingerprint density at radius 3 is 2.67 bits per heavy atom. The minimum Gasteiger partial charge on any atom is -0.340 e. The zero-order chi connectivity index (χ0) is 19.0. The maximum Gasteiger partial charge on any atom is 0.261 e. The molecule has 2 aliphatic rings. The van der Waals surface area contributed by atoms with Crippen LogP contribution in [0, 0.1) is 0 Å². The van der Waals surface area contributed by atoms with Crippen molar-refractivity contribution in [3.05, 3.63) is 47.8 Å². The molecule has 27 heavy (non-hydrogen) atoms. The standard InChI is InChI=1S/C19H22N4O3S/c1-22(16-8-10-27(25,26)13-16)19-20-11-15(12-21-19)18(24)23-9-4-6-14-5-2-3-7-17(14)23/h2-3,5,7,11-12,16H,4,6,8-10,13H2,1H3. The maximum atomic E-state index is 12.9. The molecule has 0 radical (unpaired) electrons. The third-order valence-electron chi connectivity index (χ3n) is 5.31. The van der Waals surface area contributed by atoms with Gasteiger partial charge in [0.2, 0.25) is 5.95 Å². The van der Waals surface area contributed by atoms with Crippen LogP contribution < -0.4 is 9.80 Å². The minimum absolute atomic E-state index is 0.111. The molecule has 1 amide bonds. The lowest BCUT2D eigenvalue weighted by molar-refractivity contribution is 0.0984. The number of anilines is 2. The van der Waals surface area contributed by atoms with Gasteiger partial charge in [-0.05, 0) is 30.9 Å². The Bertz CT molecular complexity index is 959. The van der Waals surface area contributed by atoms with E-state index in [0.29, 0.717) is 24.5 Å². The molecule has 0 saturated carbocycles. The summed E-state index contributed by atoms with van der Waals surface area (Å²) < 4.78 is 23.4. The number of nitrogens with zero attached hydrogens (tertiary/aromatic N) is 4. The normalized spacial score (nSPS) is 20.9. The first-order valence-electron chi connectivity index (χ1n) is 9.10. The fraction of sp³-hybridized carbons (Fsp3) is 0.421. The van der Waals surface area contributed by atoms with E-state index < -0.39 is 9.84 Å². The summed E-state index contributed by atoms with van der Waals surface area (Å²) in [5.41, 5.74) is 2.56. The van der Waals surface area contributed by atoms with Crippen LogP contribution in [0.1, 0.15) is 28.8 Å². The largest absolute Gasteiger partial charge is 0.340 e. The molecule has 1 aromatic carbocycles. The predicted molar refractivity (Wildman–Crippen MR) is 104 cm³/mol. The molecule has 2 aromatic rings. The van der Waals surface area contributed by atoms with Gasteiger partial charge in [0.15, 0.2) is 9.84 Å². The molecule has 0 bridgehead atoms. The number of amides is 1. The van der Waals surface area contributed by atoms with E-state index in [1.54, 1.807) is 16.8 Å². The van der Waals surface area contributed by atoms with Crippen molar-refractivity contribution in [1.29, 1.82) is 0 Å². The Kier molecular flexibility index (Phi) is 4.59. The number of fused-ring (bicyclic) bond motifs is 1. The SMILES string of the molecule is CN(c1ncc(C(=O)N2CCCc3ccccc32)cn1)C1CCS(=O)(=O)C1. The molecule has 8 heteroatoms. The number of benzene rings is 1. The summed E-state index contributed by atoms with van der Waals surface area (Å²) in [5.74, 6) is 0.651. The first-order valence-corrected chi connectivity index (χ1v) is 10.9. The second kappa shape index (κ2) is 6.92. The summed E-state index contributed by atoms with van der Waals surface area (Å²) in [5, 5.41) is 0. The van der Waals surface area contributed by atoms with E-state index >= 15 is 0 Å². The first kappa shape index (κ1) is 17.9. The summed E-state index contributed by atoms with van der Waals surface area (Å²) in [6, 6.07) is 7.83. The number of hydrogen-bond acceptors (Lipinski definition) is 6. The highest BCUT2D eigenvalue weighted by Crippen LogP contribution is 2.28. The highest BCUT2D eigenvalue weighted by molar-refractivity contribution is 7.91. The summed E-state index contributed by atoms with van der Waals surface area (Å²) >= 11 is 0. The number of sulfone groups is 1. The Morgan fingerprint density at radius 2 is 1.96 bits per heavy atom. The van der Waals surface area contributed by atoms with Crippen LogP contribution in [0.2, 0.25) is 0 Å². The number of carbonyl (C=O) groups excluding carboxylic acids is 1. The first-order chi connectivity index (χ1) is 12.9. The van der Waals surface area contributed by atoms with Crippen LogP contribution in [-0.2, 0) is 16.3 Å². The van der Waals surface area contributed by atoms with E-state index in [1.807, 2.05) is 18.2 Å². The van der Waals surface area contributed by atoms with E-state index in [9.17, 15) is 13.2 Å². The van der Waals surface area contributed by atoms with Crippen molar-refractivity contribution in [2.45, 2.75) is 25.3 Å². The number of aromatic nitrogens is 2. The van der Waals surface area contributed by atoms with Crippen molar-refractivity contribution in [1.82, 2.24) is 9.97 Å². The van der Waals surface area contributed by atoms with Gasteiger partial charge < -0.3 is 9.80 Å². The molecular weight excluding hydrogens is 364 g/mol. The van der Waals surface area contributed by atoms with Crippen LogP contribution in [0.4, 0.5) is 11.6 Å². The predicted octanol–water partition coefficient (Wildman–Crippen LogP) is 1.69. The Hall–Kier alpha value is -2.48. The lowest BCUT2D eigenvalue weighted by Crippen LogP contribution is -2.36. The van der Waals surface area contributed by atoms with E-state index in [0.717, 1.165) is 18.5 Å². The third-order valence-corrected chi connectivity index (χ3v) is 7.06. The Morgan fingerprint density at radius 1 is 1.22 bits per heavy atom. The lowest BCUT2D eigenvalue weighted by atomic mass is 10.0. The van der Waals surface area contributed by atoms with Crippen molar-refractivity contribution in [3.63, 3.8) is 0 Å². The number of rotatable bonds is 3. The molecule has 7 nitrogen and oxygen atoms in total. The minimum atomic E-state index is -2.97. The van der Waals surface area contributed by atoms with E-state index in [4.69, 9.17) is 0 Å². The van der Waals surface area contributed by atoms with E-state index in [-0.39, 0.29) is 23.5 Å². The van der Waals surface area contributed by atoms with Crippen molar-refractivity contribution < 1.29 is 13.2 Å². The van der Waals surface area contributed by atoms with Gasteiger partial charge in [-0.25, -0.2) is 18.4 Å². The molecule has 0 spiro atoms. The molecule has 3 heterocycles. The lowest BCUT2D eigenvalue weighted by Gasteiger charge is -2.29. The average molecular weight is 386 g/mol. The van der Waals surface area contributed by atoms with Crippen LogP contribution in [0.25, 0.3) is 0 Å². The van der Waals surface area contributed by atoms with Gasteiger partial charge >= 0.3 is 0 Å². The zero-order valence-corrected chi connectivity index (χ0v) is 16.0. The van der Waals surface area contributed by atoms with Gasteiger partial charge in [-0.15, -0.1) is 0 Å². The van der Waals surface area contributed by atoms with Crippen molar-refractivity contribution in [3.8, 4) is 0 Å². The van der Waals surface area contributed by atoms with E-state index in [2.05, 4.69) is 16.0 Å². The molecule has 2 aliphatic heterocycles. The number of carbonyl (C=O) groups is 1. The van der Waals surface area contributed by atoms with Crippen LogP contribution >= 0.6 is 0 Å². The molecule has 4 rings (SSSR count). The van der Waals surface area contributed by atoms with Crippen LogP contribution in [0.15, 0.2) is 36.7 Å². The third kappa shape index (κ3) is 3.53. The summed E-state index contributed by atoms with van der Waals surface area (Å²) in [7, 11) is -1.18. The highest BCUT2D eigenvalue weighted by Gasteiger charge is 2.32. The van der Waals surface area contributed by atoms with Crippen LogP contribution in [0.5, 0.6) is 0 Å². The highest BCUT2D eigenvalue weighted by atomic mass is 32.2. The molecule has 1 unspecified atom stereocenters. The quantitative estimate of drug-likeness (QED) is 0.798. The fourth-order valence-corrected chi connectivity index (χ4v) is 5.53. The summed E-state index contributed by atoms with van der Waals surface area (Å²) in [6.45, 7) is 0.678. The van der Waals surface area contributed by atoms with Crippen molar-refractivity contribution in [2.75, 3.05) is 34.9 Å². The molecule has 0 N–H and O–H groups in total. The van der Waals surface area contributed by atoms with E-state index in [1.165, 1.54) is 18.0 Å². The molecule has 1 atom stereocenters. The van der Waals surface area contributed by atoms with Crippen molar-refractivity contribution >= 4 is 27.4 Å². The van der Waals surface area contributed by atoms with Crippen molar-refractivity contribution in [2.24, 2.45) is 0 Å². The molecule has 142 valence electrons. The smallest absolute Gasteiger partial charge is 0.261 e. The second-order valence-electron chi connectivity index (χ2n) is 7.13. The van der Waals surface area contributed by atoms with Gasteiger partial charge in [0.25, 0.3) is 5.91 Å². The molecule has 1 saturated heterocycles. The molecular formula is C19H22N4O3S. The monoisotopic (exact) mass is 386 g/mol.